The molecule has 1 aliphatic carbocycles. The van der Waals surface area contributed by atoms with Crippen molar-refractivity contribution in [2.24, 2.45) is 0 Å². The van der Waals surface area contributed by atoms with E-state index in [1.165, 1.54) is 24.2 Å². The van der Waals surface area contributed by atoms with Gasteiger partial charge in [-0.2, -0.15) is 0 Å². The number of carbonyl (C=O) groups is 2. The van der Waals surface area contributed by atoms with Crippen molar-refractivity contribution < 1.29 is 14.0 Å². The molecule has 1 saturated carbocycles. The summed E-state index contributed by atoms with van der Waals surface area (Å²) in [5.41, 5.74) is 1.02. The van der Waals surface area contributed by atoms with Crippen LogP contribution in [-0.2, 0) is 24.3 Å². The maximum atomic E-state index is 12.2. The van der Waals surface area contributed by atoms with Crippen molar-refractivity contribution in [2.75, 3.05) is 18.4 Å². The van der Waals surface area contributed by atoms with Crippen LogP contribution < -0.4 is 16.0 Å². The van der Waals surface area contributed by atoms with Gasteiger partial charge in [0, 0.05) is 30.4 Å². The van der Waals surface area contributed by atoms with Crippen molar-refractivity contribution in [3.05, 3.63) is 34.7 Å². The van der Waals surface area contributed by atoms with Gasteiger partial charge in [-0.15, -0.1) is 11.3 Å². The molecule has 9 heteroatoms. The van der Waals surface area contributed by atoms with Gasteiger partial charge in [-0.25, -0.2) is 9.78 Å². The van der Waals surface area contributed by atoms with Crippen LogP contribution in [0.2, 0.25) is 0 Å². The van der Waals surface area contributed by atoms with E-state index < -0.39 is 0 Å². The molecule has 0 aromatic carbocycles. The predicted molar refractivity (Wildman–Crippen MR) is 106 cm³/mol. The summed E-state index contributed by atoms with van der Waals surface area (Å²) in [7, 11) is 0. The lowest BCUT2D eigenvalue weighted by Crippen LogP contribution is -2.39. The van der Waals surface area contributed by atoms with Crippen LogP contribution in [-0.4, -0.2) is 41.0 Å². The zero-order valence-electron chi connectivity index (χ0n) is 15.7. The molecule has 8 nitrogen and oxygen atoms in total. The van der Waals surface area contributed by atoms with Crippen LogP contribution in [0, 0.1) is 0 Å². The van der Waals surface area contributed by atoms with Gasteiger partial charge in [-0.05, 0) is 25.0 Å². The second-order valence-electron chi connectivity index (χ2n) is 7.29. The number of nitrogens with one attached hydrogen (secondary N) is 3. The molecular weight excluding hydrogens is 378 g/mol. The molecule has 0 radical (unpaired) electrons. The summed E-state index contributed by atoms with van der Waals surface area (Å²) in [6.07, 6.45) is 6.85. The van der Waals surface area contributed by atoms with Crippen molar-refractivity contribution in [3.8, 4) is 0 Å². The fourth-order valence-electron chi connectivity index (χ4n) is 3.68. The molecule has 0 saturated heterocycles. The normalized spacial score (nSPS) is 17.3. The average Bonchev–Trinajstić information content (AvgIpc) is 3.41. The van der Waals surface area contributed by atoms with Gasteiger partial charge in [-0.3, -0.25) is 15.0 Å². The molecule has 3 amide bonds. The zero-order valence-corrected chi connectivity index (χ0v) is 16.5. The van der Waals surface area contributed by atoms with Gasteiger partial charge in [-0.1, -0.05) is 12.8 Å². The highest BCUT2D eigenvalue weighted by molar-refractivity contribution is 7.15. The molecule has 1 fully saturated rings. The van der Waals surface area contributed by atoms with E-state index in [0.29, 0.717) is 24.8 Å². The summed E-state index contributed by atoms with van der Waals surface area (Å²) in [5.74, 6) is 0.710. The largest absolute Gasteiger partial charge is 0.467 e. The van der Waals surface area contributed by atoms with E-state index >= 15 is 0 Å². The van der Waals surface area contributed by atoms with Crippen LogP contribution in [0.15, 0.2) is 22.8 Å². The Kier molecular flexibility index (Phi) is 5.92. The molecule has 0 bridgehead atoms. The zero-order chi connectivity index (χ0) is 19.3. The van der Waals surface area contributed by atoms with Crippen molar-refractivity contribution in [2.45, 2.75) is 51.2 Å². The summed E-state index contributed by atoms with van der Waals surface area (Å²) >= 11 is 1.49. The Morgan fingerprint density at radius 2 is 2.18 bits per heavy atom. The molecular formula is C19H25N5O3S. The van der Waals surface area contributed by atoms with Crippen LogP contribution in [0.4, 0.5) is 9.93 Å². The fraction of sp³-hybridized carbons (Fsp3) is 0.526. The molecule has 28 heavy (non-hydrogen) atoms. The number of urea groups is 1. The number of amides is 3. The van der Waals surface area contributed by atoms with Crippen molar-refractivity contribution >= 4 is 28.4 Å². The number of thiazole rings is 1. The second kappa shape index (κ2) is 8.74. The minimum atomic E-state index is -0.174. The SMILES string of the molecule is O=C(CN1CCc2nc(NC(=O)NC3CCCC3)sc2C1)NCc1ccco1. The Labute approximate surface area is 167 Å². The first-order chi connectivity index (χ1) is 13.7. The summed E-state index contributed by atoms with van der Waals surface area (Å²) in [4.78, 5) is 32.1. The van der Waals surface area contributed by atoms with Gasteiger partial charge in [0.25, 0.3) is 0 Å². The smallest absolute Gasteiger partial charge is 0.321 e. The lowest BCUT2D eigenvalue weighted by atomic mass is 10.2. The van der Waals surface area contributed by atoms with E-state index in [-0.39, 0.29) is 18.0 Å². The molecule has 1 aliphatic heterocycles. The molecule has 0 unspecified atom stereocenters. The third kappa shape index (κ3) is 4.90. The van der Waals surface area contributed by atoms with Gasteiger partial charge in [0.05, 0.1) is 25.0 Å². The number of hydrogen-bond donors (Lipinski definition) is 3. The van der Waals surface area contributed by atoms with Crippen LogP contribution in [0.1, 0.15) is 42.0 Å². The molecule has 0 spiro atoms. The molecule has 2 aromatic heterocycles. The fourth-order valence-corrected chi connectivity index (χ4v) is 4.73. The van der Waals surface area contributed by atoms with E-state index in [1.807, 2.05) is 6.07 Å². The number of anilines is 1. The third-order valence-electron chi connectivity index (χ3n) is 5.13. The highest BCUT2D eigenvalue weighted by atomic mass is 32.1. The first kappa shape index (κ1) is 18.9. The molecule has 150 valence electrons. The van der Waals surface area contributed by atoms with Gasteiger partial charge in [0.15, 0.2) is 5.13 Å². The van der Waals surface area contributed by atoms with Gasteiger partial charge in [0.1, 0.15) is 5.76 Å². The highest BCUT2D eigenvalue weighted by Crippen LogP contribution is 2.28. The number of aromatic nitrogens is 1. The topological polar surface area (TPSA) is 99.5 Å². The minimum absolute atomic E-state index is 0.0290. The van der Waals surface area contributed by atoms with Crippen molar-refractivity contribution in [3.63, 3.8) is 0 Å². The summed E-state index contributed by atoms with van der Waals surface area (Å²) in [6, 6.07) is 3.75. The number of carbonyl (C=O) groups excluding carboxylic acids is 2. The van der Waals surface area contributed by atoms with E-state index in [9.17, 15) is 9.59 Å². The number of furan rings is 1. The van der Waals surface area contributed by atoms with Crippen molar-refractivity contribution in [1.82, 2.24) is 20.5 Å². The first-order valence-electron chi connectivity index (χ1n) is 9.73. The van der Waals surface area contributed by atoms with E-state index in [4.69, 9.17) is 4.42 Å². The van der Waals surface area contributed by atoms with E-state index in [1.54, 1.807) is 12.3 Å². The summed E-state index contributed by atoms with van der Waals surface area (Å²) < 4.78 is 5.22. The van der Waals surface area contributed by atoms with Crippen LogP contribution in [0.3, 0.4) is 0 Å². The van der Waals surface area contributed by atoms with Crippen LogP contribution in [0.5, 0.6) is 0 Å². The monoisotopic (exact) mass is 403 g/mol. The number of fused-ring (bicyclic) bond motifs is 1. The number of rotatable bonds is 6. The number of nitrogens with zero attached hydrogens (tertiary/aromatic N) is 2. The van der Waals surface area contributed by atoms with Gasteiger partial charge < -0.3 is 15.1 Å². The summed E-state index contributed by atoms with van der Waals surface area (Å²) in [6.45, 7) is 2.18. The second-order valence-corrected chi connectivity index (χ2v) is 8.37. The molecule has 3 heterocycles. The van der Waals surface area contributed by atoms with Crippen LogP contribution in [0.25, 0.3) is 0 Å². The number of hydrogen-bond acceptors (Lipinski definition) is 6. The van der Waals surface area contributed by atoms with Crippen molar-refractivity contribution in [1.29, 1.82) is 0 Å². The maximum absolute atomic E-state index is 12.2. The third-order valence-corrected chi connectivity index (χ3v) is 6.13. The Balaban J connectivity index is 1.25. The highest BCUT2D eigenvalue weighted by Gasteiger charge is 2.23. The maximum Gasteiger partial charge on any atom is 0.321 e. The standard InChI is InChI=1S/C19H25N5O3S/c25-17(20-10-14-6-3-9-27-14)12-24-8-7-15-16(11-24)28-19(22-15)23-18(26)21-13-4-1-2-5-13/h3,6,9,13H,1-2,4-5,7-8,10-12H2,(H,20,25)(H2,21,22,23,26). The van der Waals surface area contributed by atoms with Crippen LogP contribution >= 0.6 is 11.3 Å². The predicted octanol–water partition coefficient (Wildman–Crippen LogP) is 2.47. The lowest BCUT2D eigenvalue weighted by Gasteiger charge is -2.24. The van der Waals surface area contributed by atoms with E-state index in [2.05, 4.69) is 25.8 Å². The first-order valence-corrected chi connectivity index (χ1v) is 10.5. The molecule has 3 N–H and O–H groups in total. The quantitative estimate of drug-likeness (QED) is 0.688. The van der Waals surface area contributed by atoms with Gasteiger partial charge in [0.2, 0.25) is 5.91 Å². The Morgan fingerprint density at radius 3 is 2.96 bits per heavy atom. The molecule has 2 aromatic rings. The summed E-state index contributed by atoms with van der Waals surface area (Å²) in [5, 5.41) is 9.38. The average molecular weight is 404 g/mol. The Morgan fingerprint density at radius 1 is 1.32 bits per heavy atom. The van der Waals surface area contributed by atoms with Gasteiger partial charge >= 0.3 is 6.03 Å². The van der Waals surface area contributed by atoms with E-state index in [0.717, 1.165) is 42.1 Å². The lowest BCUT2D eigenvalue weighted by molar-refractivity contribution is -0.122. The Bertz CT molecular complexity index is 814. The Hall–Kier alpha value is -2.39. The molecule has 0 atom stereocenters. The molecule has 2 aliphatic rings. The molecule has 4 rings (SSSR count). The minimum Gasteiger partial charge on any atom is -0.467 e.